The topological polar surface area (TPSA) is 46.2 Å². The van der Waals surface area contributed by atoms with Crippen molar-refractivity contribution in [2.24, 2.45) is 35.5 Å². The van der Waals surface area contributed by atoms with Gasteiger partial charge in [0.1, 0.15) is 0 Å². The Balaban J connectivity index is 1.98. The van der Waals surface area contributed by atoms with Crippen LogP contribution in [0.3, 0.4) is 0 Å². The highest BCUT2D eigenvalue weighted by atomic mass is 16.2. The lowest BCUT2D eigenvalue weighted by molar-refractivity contribution is -0.127. The molecule has 1 saturated heterocycles. The van der Waals surface area contributed by atoms with Crippen molar-refractivity contribution in [2.45, 2.75) is 26.7 Å². The minimum Gasteiger partial charge on any atom is -0.296 e. The minimum atomic E-state index is 0.00264. The summed E-state index contributed by atoms with van der Waals surface area (Å²) in [6, 6.07) is 0. The average Bonchev–Trinajstić information content (AvgIpc) is 2.77. The molecule has 1 aliphatic heterocycles. The van der Waals surface area contributed by atoms with E-state index in [9.17, 15) is 9.59 Å². The maximum absolute atomic E-state index is 11.7. The number of nitrogens with one attached hydrogen (secondary N) is 1. The maximum atomic E-state index is 11.7. The number of amides is 2. The summed E-state index contributed by atoms with van der Waals surface area (Å²) in [5.41, 5.74) is 0. The van der Waals surface area contributed by atoms with Gasteiger partial charge in [-0.2, -0.15) is 0 Å². The van der Waals surface area contributed by atoms with Crippen LogP contribution in [0.25, 0.3) is 0 Å². The lowest BCUT2D eigenvalue weighted by Gasteiger charge is -2.21. The Morgan fingerprint density at radius 2 is 1.53 bits per heavy atom. The summed E-state index contributed by atoms with van der Waals surface area (Å²) >= 11 is 0. The van der Waals surface area contributed by atoms with Crippen molar-refractivity contribution in [1.29, 1.82) is 0 Å². The van der Waals surface area contributed by atoms with Crippen LogP contribution in [-0.4, -0.2) is 11.8 Å². The Hall–Kier alpha value is -0.860. The molecule has 0 aromatic carbocycles. The molecule has 2 amide bonds. The normalized spacial score (nSPS) is 47.5. The number of carbonyl (C=O) groups is 2. The van der Waals surface area contributed by atoms with Gasteiger partial charge in [-0.1, -0.05) is 13.8 Å². The summed E-state index contributed by atoms with van der Waals surface area (Å²) < 4.78 is 0. The molecule has 3 aliphatic rings. The van der Waals surface area contributed by atoms with Crippen LogP contribution in [-0.2, 0) is 9.59 Å². The largest absolute Gasteiger partial charge is 0.296 e. The molecule has 15 heavy (non-hydrogen) atoms. The Kier molecular flexibility index (Phi) is 1.77. The molecule has 4 atom stereocenters. The van der Waals surface area contributed by atoms with Crippen LogP contribution in [0.1, 0.15) is 26.7 Å². The number of fused-ring (bicyclic) bond motifs is 5. The molecule has 2 aliphatic carbocycles. The summed E-state index contributed by atoms with van der Waals surface area (Å²) in [6.07, 6.45) is 2.30. The first-order chi connectivity index (χ1) is 7.11. The highest BCUT2D eigenvalue weighted by Gasteiger charge is 2.62. The van der Waals surface area contributed by atoms with Gasteiger partial charge in [-0.05, 0) is 36.5 Å². The van der Waals surface area contributed by atoms with Gasteiger partial charge in [0.25, 0.3) is 0 Å². The molecule has 0 aromatic rings. The van der Waals surface area contributed by atoms with Gasteiger partial charge in [0.05, 0.1) is 11.8 Å². The molecule has 0 aromatic heterocycles. The van der Waals surface area contributed by atoms with Crippen molar-refractivity contribution in [3.05, 3.63) is 0 Å². The van der Waals surface area contributed by atoms with Gasteiger partial charge in [-0.25, -0.2) is 0 Å². The fourth-order valence-corrected chi connectivity index (χ4v) is 4.45. The second-order valence-corrected chi connectivity index (χ2v) is 5.63. The molecule has 1 N–H and O–H groups in total. The van der Waals surface area contributed by atoms with E-state index in [-0.39, 0.29) is 23.7 Å². The molecule has 2 saturated carbocycles. The second kappa shape index (κ2) is 2.83. The van der Waals surface area contributed by atoms with Crippen molar-refractivity contribution in [2.75, 3.05) is 0 Å². The van der Waals surface area contributed by atoms with E-state index >= 15 is 0 Å². The Labute approximate surface area is 89.6 Å². The van der Waals surface area contributed by atoms with E-state index in [1.165, 1.54) is 0 Å². The summed E-state index contributed by atoms with van der Waals surface area (Å²) in [6.45, 7) is 4.44. The van der Waals surface area contributed by atoms with Crippen LogP contribution in [0.2, 0.25) is 0 Å². The molecule has 3 rings (SSSR count). The predicted molar refractivity (Wildman–Crippen MR) is 54.7 cm³/mol. The van der Waals surface area contributed by atoms with Gasteiger partial charge in [0, 0.05) is 0 Å². The Bertz CT molecular complexity index is 309. The van der Waals surface area contributed by atoms with Crippen molar-refractivity contribution in [3.63, 3.8) is 0 Å². The maximum Gasteiger partial charge on any atom is 0.230 e. The first kappa shape index (κ1) is 9.37. The zero-order chi connectivity index (χ0) is 10.7. The summed E-state index contributed by atoms with van der Waals surface area (Å²) in [5.74, 6) is 2.21. The van der Waals surface area contributed by atoms with Crippen LogP contribution in [0.4, 0.5) is 0 Å². The first-order valence-electron chi connectivity index (χ1n) is 5.96. The van der Waals surface area contributed by atoms with Crippen molar-refractivity contribution in [3.8, 4) is 0 Å². The predicted octanol–water partition coefficient (Wildman–Crippen LogP) is 1.19. The van der Waals surface area contributed by atoms with Gasteiger partial charge in [0.15, 0.2) is 0 Å². The fourth-order valence-electron chi connectivity index (χ4n) is 4.45. The van der Waals surface area contributed by atoms with Crippen molar-refractivity contribution in [1.82, 2.24) is 5.32 Å². The molecule has 3 fully saturated rings. The third-order valence-electron chi connectivity index (χ3n) is 4.75. The highest BCUT2D eigenvalue weighted by molar-refractivity contribution is 6.06. The quantitative estimate of drug-likeness (QED) is 0.656. The number of imide groups is 1. The van der Waals surface area contributed by atoms with E-state index < -0.39 is 0 Å². The smallest absolute Gasteiger partial charge is 0.230 e. The molecule has 3 heteroatoms. The number of hydrogen-bond donors (Lipinski definition) is 1. The third-order valence-corrected chi connectivity index (χ3v) is 4.75. The van der Waals surface area contributed by atoms with Crippen LogP contribution in [0, 0.1) is 35.5 Å². The van der Waals surface area contributed by atoms with E-state index in [0.29, 0.717) is 23.7 Å². The van der Waals surface area contributed by atoms with Gasteiger partial charge < -0.3 is 0 Å². The van der Waals surface area contributed by atoms with E-state index in [1.54, 1.807) is 0 Å². The SMILES string of the molecule is CC(C)C1C2CCC1C1C(=O)NC(=O)C21. The Morgan fingerprint density at radius 3 is 1.93 bits per heavy atom. The molecule has 82 valence electrons. The summed E-state index contributed by atoms with van der Waals surface area (Å²) in [4.78, 5) is 23.4. The molecular weight excluding hydrogens is 190 g/mol. The van der Waals surface area contributed by atoms with Crippen LogP contribution < -0.4 is 5.32 Å². The standard InChI is InChI=1S/C12H17NO2/c1-5(2)8-6-3-4-7(8)10-9(6)11(14)13-12(10)15/h5-10H,3-4H2,1-2H3,(H,13,14,15). The van der Waals surface area contributed by atoms with Crippen molar-refractivity contribution >= 4 is 11.8 Å². The number of hydrogen-bond acceptors (Lipinski definition) is 2. The number of rotatable bonds is 1. The minimum absolute atomic E-state index is 0.00264. The molecular formula is C12H17NO2. The van der Waals surface area contributed by atoms with Crippen LogP contribution in [0.5, 0.6) is 0 Å². The second-order valence-electron chi connectivity index (χ2n) is 5.63. The summed E-state index contributed by atoms with van der Waals surface area (Å²) in [7, 11) is 0. The van der Waals surface area contributed by atoms with Gasteiger partial charge in [-0.15, -0.1) is 0 Å². The van der Waals surface area contributed by atoms with Crippen LogP contribution in [0.15, 0.2) is 0 Å². The number of carbonyl (C=O) groups excluding carboxylic acids is 2. The first-order valence-corrected chi connectivity index (χ1v) is 5.96. The Morgan fingerprint density at radius 1 is 1.07 bits per heavy atom. The van der Waals surface area contributed by atoms with Crippen molar-refractivity contribution < 1.29 is 9.59 Å². The molecule has 3 nitrogen and oxygen atoms in total. The molecule has 0 radical (unpaired) electrons. The molecule has 2 bridgehead atoms. The lowest BCUT2D eigenvalue weighted by Crippen LogP contribution is -2.29. The summed E-state index contributed by atoms with van der Waals surface area (Å²) in [5, 5.41) is 2.50. The molecule has 1 heterocycles. The zero-order valence-electron chi connectivity index (χ0n) is 9.19. The molecule has 4 unspecified atom stereocenters. The van der Waals surface area contributed by atoms with Gasteiger partial charge >= 0.3 is 0 Å². The zero-order valence-corrected chi connectivity index (χ0v) is 9.19. The average molecular weight is 207 g/mol. The fraction of sp³-hybridized carbons (Fsp3) is 0.833. The van der Waals surface area contributed by atoms with Gasteiger partial charge in [-0.3, -0.25) is 14.9 Å². The lowest BCUT2D eigenvalue weighted by atomic mass is 9.81. The van der Waals surface area contributed by atoms with E-state index in [4.69, 9.17) is 0 Å². The monoisotopic (exact) mass is 207 g/mol. The van der Waals surface area contributed by atoms with E-state index in [0.717, 1.165) is 12.8 Å². The highest BCUT2D eigenvalue weighted by Crippen LogP contribution is 2.59. The van der Waals surface area contributed by atoms with Gasteiger partial charge in [0.2, 0.25) is 11.8 Å². The molecule has 0 spiro atoms. The van der Waals surface area contributed by atoms with E-state index in [1.807, 2.05) is 0 Å². The third kappa shape index (κ3) is 1.01. The van der Waals surface area contributed by atoms with E-state index in [2.05, 4.69) is 19.2 Å². The van der Waals surface area contributed by atoms with Crippen LogP contribution >= 0.6 is 0 Å².